The summed E-state index contributed by atoms with van der Waals surface area (Å²) in [6.45, 7) is 1.85. The number of aryl methyl sites for hydroxylation is 2. The van der Waals surface area contributed by atoms with Crippen LogP contribution in [0.5, 0.6) is 0 Å². The third-order valence-corrected chi connectivity index (χ3v) is 2.31. The first kappa shape index (κ1) is 9.58. The number of rotatable bonds is 2. The van der Waals surface area contributed by atoms with Gasteiger partial charge in [-0.25, -0.2) is 4.79 Å². The first-order chi connectivity index (χ1) is 7.08. The van der Waals surface area contributed by atoms with E-state index in [4.69, 9.17) is 5.11 Å². The van der Waals surface area contributed by atoms with E-state index in [9.17, 15) is 4.79 Å². The summed E-state index contributed by atoms with van der Waals surface area (Å²) in [7, 11) is 1.91. The van der Waals surface area contributed by atoms with Crippen LogP contribution >= 0.6 is 0 Å². The standard InChI is InChI=1S/C11H12N2O2/c1-7-5-9(10(12-7)11(14)15)8-3-4-13(2)6-8/h3-6,12H,1-2H3,(H,14,15). The van der Waals surface area contributed by atoms with Crippen molar-refractivity contribution in [2.45, 2.75) is 6.92 Å². The highest BCUT2D eigenvalue weighted by atomic mass is 16.4. The lowest BCUT2D eigenvalue weighted by molar-refractivity contribution is 0.0692. The number of H-pyrrole nitrogens is 1. The normalized spacial score (nSPS) is 10.5. The van der Waals surface area contributed by atoms with E-state index in [-0.39, 0.29) is 5.69 Å². The molecule has 15 heavy (non-hydrogen) atoms. The monoisotopic (exact) mass is 204 g/mol. The molecule has 2 rings (SSSR count). The van der Waals surface area contributed by atoms with Gasteiger partial charge in [-0.1, -0.05) is 0 Å². The lowest BCUT2D eigenvalue weighted by Crippen LogP contribution is -1.98. The van der Waals surface area contributed by atoms with Gasteiger partial charge in [-0.05, 0) is 19.1 Å². The van der Waals surface area contributed by atoms with Gasteiger partial charge in [-0.3, -0.25) is 0 Å². The van der Waals surface area contributed by atoms with Crippen LogP contribution in [0, 0.1) is 6.92 Å². The van der Waals surface area contributed by atoms with Crippen LogP contribution in [0.4, 0.5) is 0 Å². The molecule has 0 aliphatic carbocycles. The van der Waals surface area contributed by atoms with E-state index >= 15 is 0 Å². The van der Waals surface area contributed by atoms with Gasteiger partial charge >= 0.3 is 5.97 Å². The Labute approximate surface area is 87.2 Å². The van der Waals surface area contributed by atoms with Crippen molar-refractivity contribution in [3.63, 3.8) is 0 Å². The van der Waals surface area contributed by atoms with Crippen LogP contribution in [0.3, 0.4) is 0 Å². The molecular weight excluding hydrogens is 192 g/mol. The van der Waals surface area contributed by atoms with E-state index in [0.29, 0.717) is 0 Å². The molecule has 0 spiro atoms. The zero-order valence-electron chi connectivity index (χ0n) is 8.61. The summed E-state index contributed by atoms with van der Waals surface area (Å²) in [6.07, 6.45) is 3.79. The molecule has 0 atom stereocenters. The smallest absolute Gasteiger partial charge is 0.352 e. The molecule has 2 aromatic heterocycles. The average Bonchev–Trinajstić information content (AvgIpc) is 2.71. The molecule has 0 bridgehead atoms. The summed E-state index contributed by atoms with van der Waals surface area (Å²) in [5, 5.41) is 9.01. The lowest BCUT2D eigenvalue weighted by Gasteiger charge is -1.95. The Balaban J connectivity index is 2.56. The van der Waals surface area contributed by atoms with Crippen LogP contribution < -0.4 is 0 Å². The molecule has 4 heteroatoms. The van der Waals surface area contributed by atoms with Crippen molar-refractivity contribution >= 4 is 5.97 Å². The first-order valence-electron chi connectivity index (χ1n) is 4.63. The van der Waals surface area contributed by atoms with E-state index < -0.39 is 5.97 Å². The van der Waals surface area contributed by atoms with Crippen LogP contribution in [0.25, 0.3) is 11.1 Å². The largest absolute Gasteiger partial charge is 0.477 e. The number of carboxylic acids is 1. The maximum absolute atomic E-state index is 11.0. The molecule has 0 aliphatic heterocycles. The van der Waals surface area contributed by atoms with Crippen molar-refractivity contribution in [3.8, 4) is 11.1 Å². The molecule has 0 radical (unpaired) electrons. The molecule has 0 fully saturated rings. The fraction of sp³-hybridized carbons (Fsp3) is 0.182. The van der Waals surface area contributed by atoms with E-state index in [0.717, 1.165) is 16.8 Å². The zero-order valence-corrected chi connectivity index (χ0v) is 8.61. The van der Waals surface area contributed by atoms with Crippen molar-refractivity contribution in [1.82, 2.24) is 9.55 Å². The van der Waals surface area contributed by atoms with Gasteiger partial charge < -0.3 is 14.7 Å². The molecule has 0 aromatic carbocycles. The number of carboxylic acid groups (broad SMARTS) is 1. The second-order valence-corrected chi connectivity index (χ2v) is 3.61. The third kappa shape index (κ3) is 1.66. The van der Waals surface area contributed by atoms with E-state index in [1.807, 2.05) is 43.1 Å². The number of carbonyl (C=O) groups is 1. The minimum atomic E-state index is -0.929. The highest BCUT2D eigenvalue weighted by Gasteiger charge is 2.14. The fourth-order valence-electron chi connectivity index (χ4n) is 1.65. The number of nitrogens with zero attached hydrogens (tertiary/aromatic N) is 1. The maximum Gasteiger partial charge on any atom is 0.352 e. The number of nitrogens with one attached hydrogen (secondary N) is 1. The van der Waals surface area contributed by atoms with Gasteiger partial charge in [-0.15, -0.1) is 0 Å². The van der Waals surface area contributed by atoms with Gasteiger partial charge in [0.25, 0.3) is 0 Å². The summed E-state index contributed by atoms with van der Waals surface area (Å²) in [5.74, 6) is -0.929. The summed E-state index contributed by atoms with van der Waals surface area (Å²) < 4.78 is 1.89. The Hall–Kier alpha value is -1.97. The maximum atomic E-state index is 11.0. The molecule has 2 heterocycles. The van der Waals surface area contributed by atoms with Crippen LogP contribution in [0.2, 0.25) is 0 Å². The topological polar surface area (TPSA) is 58.0 Å². The van der Waals surface area contributed by atoms with Crippen molar-refractivity contribution in [2.75, 3.05) is 0 Å². The summed E-state index contributed by atoms with van der Waals surface area (Å²) in [5.41, 5.74) is 2.75. The van der Waals surface area contributed by atoms with E-state index in [2.05, 4.69) is 4.98 Å². The number of hydrogen-bond acceptors (Lipinski definition) is 1. The highest BCUT2D eigenvalue weighted by molar-refractivity contribution is 5.94. The number of aromatic amines is 1. The number of aromatic nitrogens is 2. The van der Waals surface area contributed by atoms with Crippen molar-refractivity contribution in [1.29, 1.82) is 0 Å². The SMILES string of the molecule is Cc1cc(-c2ccn(C)c2)c(C(=O)O)[nH]1. The molecule has 2 N–H and O–H groups in total. The predicted molar refractivity (Wildman–Crippen MR) is 56.9 cm³/mol. The molecule has 0 unspecified atom stereocenters. The van der Waals surface area contributed by atoms with Gasteiger partial charge in [0.05, 0.1) is 0 Å². The van der Waals surface area contributed by atoms with Gasteiger partial charge in [-0.2, -0.15) is 0 Å². The first-order valence-corrected chi connectivity index (χ1v) is 4.63. The average molecular weight is 204 g/mol. The zero-order chi connectivity index (χ0) is 11.0. The summed E-state index contributed by atoms with van der Waals surface area (Å²) in [6, 6.07) is 3.74. The molecule has 0 saturated heterocycles. The minimum Gasteiger partial charge on any atom is -0.477 e. The number of aromatic carboxylic acids is 1. The van der Waals surface area contributed by atoms with Gasteiger partial charge in [0, 0.05) is 36.3 Å². The fourth-order valence-corrected chi connectivity index (χ4v) is 1.65. The summed E-state index contributed by atoms with van der Waals surface area (Å²) in [4.78, 5) is 13.8. The van der Waals surface area contributed by atoms with Crippen LogP contribution in [0.1, 0.15) is 16.2 Å². The number of hydrogen-bond donors (Lipinski definition) is 2. The molecule has 0 amide bonds. The predicted octanol–water partition coefficient (Wildman–Crippen LogP) is 2.03. The summed E-state index contributed by atoms with van der Waals surface area (Å²) >= 11 is 0. The molecule has 2 aromatic rings. The Morgan fingerprint density at radius 1 is 1.53 bits per heavy atom. The minimum absolute atomic E-state index is 0.249. The third-order valence-electron chi connectivity index (χ3n) is 2.31. The Morgan fingerprint density at radius 3 is 2.80 bits per heavy atom. The van der Waals surface area contributed by atoms with Crippen molar-refractivity contribution < 1.29 is 9.90 Å². The Morgan fingerprint density at radius 2 is 2.27 bits per heavy atom. The molecule has 0 saturated carbocycles. The molecule has 78 valence electrons. The van der Waals surface area contributed by atoms with Gasteiger partial charge in [0.1, 0.15) is 5.69 Å². The van der Waals surface area contributed by atoms with Gasteiger partial charge in [0.15, 0.2) is 0 Å². The van der Waals surface area contributed by atoms with E-state index in [1.54, 1.807) is 0 Å². The van der Waals surface area contributed by atoms with Crippen LogP contribution in [-0.4, -0.2) is 20.6 Å². The van der Waals surface area contributed by atoms with Crippen molar-refractivity contribution in [3.05, 3.63) is 35.9 Å². The molecular formula is C11H12N2O2. The second-order valence-electron chi connectivity index (χ2n) is 3.61. The molecule has 0 aliphatic rings. The van der Waals surface area contributed by atoms with Gasteiger partial charge in [0.2, 0.25) is 0 Å². The molecule has 4 nitrogen and oxygen atoms in total. The van der Waals surface area contributed by atoms with Crippen molar-refractivity contribution in [2.24, 2.45) is 7.05 Å². The Kier molecular flexibility index (Phi) is 2.11. The van der Waals surface area contributed by atoms with E-state index in [1.165, 1.54) is 0 Å². The second kappa shape index (κ2) is 3.31. The van der Waals surface area contributed by atoms with Crippen LogP contribution in [0.15, 0.2) is 24.5 Å². The van der Waals surface area contributed by atoms with Crippen LogP contribution in [-0.2, 0) is 7.05 Å². The quantitative estimate of drug-likeness (QED) is 0.786. The highest BCUT2D eigenvalue weighted by Crippen LogP contribution is 2.24. The Bertz CT molecular complexity index is 508. The lowest BCUT2D eigenvalue weighted by atomic mass is 10.1.